The summed E-state index contributed by atoms with van der Waals surface area (Å²) in [5, 5.41) is 3.19. The molecule has 2 unspecified atom stereocenters. The second kappa shape index (κ2) is 6.08. The summed E-state index contributed by atoms with van der Waals surface area (Å²) in [4.78, 5) is 0. The van der Waals surface area contributed by atoms with Crippen LogP contribution in [0.1, 0.15) is 12.0 Å². The molecule has 0 radical (unpaired) electrons. The van der Waals surface area contributed by atoms with Crippen molar-refractivity contribution in [3.05, 3.63) is 33.8 Å². The van der Waals surface area contributed by atoms with Crippen LogP contribution in [-0.2, 0) is 11.2 Å². The first kappa shape index (κ1) is 13.9. The molecule has 100 valence electrons. The molecule has 1 aliphatic heterocycles. The van der Waals surface area contributed by atoms with Gasteiger partial charge in [-0.15, -0.1) is 0 Å². The van der Waals surface area contributed by atoms with Crippen molar-refractivity contribution in [3.63, 3.8) is 0 Å². The number of rotatable bonds is 3. The predicted molar refractivity (Wildman–Crippen MR) is 69.5 cm³/mol. The van der Waals surface area contributed by atoms with Crippen molar-refractivity contribution >= 4 is 15.9 Å². The van der Waals surface area contributed by atoms with E-state index in [2.05, 4.69) is 21.2 Å². The second-order valence-electron chi connectivity index (χ2n) is 4.54. The first-order valence-corrected chi connectivity index (χ1v) is 6.80. The fourth-order valence-electron chi connectivity index (χ4n) is 2.40. The molecule has 5 heteroatoms. The highest BCUT2D eigenvalue weighted by Crippen LogP contribution is 2.26. The molecule has 2 atom stereocenters. The number of benzene rings is 1. The van der Waals surface area contributed by atoms with Gasteiger partial charge >= 0.3 is 0 Å². The summed E-state index contributed by atoms with van der Waals surface area (Å²) in [7, 11) is 1.87. The minimum Gasteiger partial charge on any atom is -0.381 e. The summed E-state index contributed by atoms with van der Waals surface area (Å²) in [5.74, 6) is -0.895. The lowest BCUT2D eigenvalue weighted by molar-refractivity contribution is 0.0336. The fourth-order valence-corrected chi connectivity index (χ4v) is 2.77. The van der Waals surface area contributed by atoms with Gasteiger partial charge in [-0.25, -0.2) is 8.78 Å². The molecular formula is C13H16BrF2NO. The van der Waals surface area contributed by atoms with Crippen LogP contribution >= 0.6 is 15.9 Å². The first-order chi connectivity index (χ1) is 8.63. The molecule has 1 saturated heterocycles. The number of halogens is 3. The van der Waals surface area contributed by atoms with E-state index in [-0.39, 0.29) is 17.5 Å². The van der Waals surface area contributed by atoms with Gasteiger partial charge in [0.1, 0.15) is 11.6 Å². The zero-order valence-corrected chi connectivity index (χ0v) is 11.8. The van der Waals surface area contributed by atoms with E-state index < -0.39 is 11.6 Å². The molecule has 0 spiro atoms. The lowest BCUT2D eigenvalue weighted by Gasteiger charge is -2.31. The molecule has 1 aromatic carbocycles. The monoisotopic (exact) mass is 319 g/mol. The van der Waals surface area contributed by atoms with Gasteiger partial charge in [0.25, 0.3) is 0 Å². The molecule has 1 aliphatic rings. The Hall–Kier alpha value is -0.520. The van der Waals surface area contributed by atoms with E-state index in [9.17, 15) is 8.78 Å². The van der Waals surface area contributed by atoms with Gasteiger partial charge in [0.2, 0.25) is 0 Å². The van der Waals surface area contributed by atoms with Crippen molar-refractivity contribution in [1.82, 2.24) is 5.32 Å². The topological polar surface area (TPSA) is 21.3 Å². The molecule has 2 nitrogen and oxygen atoms in total. The van der Waals surface area contributed by atoms with E-state index in [0.29, 0.717) is 24.1 Å². The quantitative estimate of drug-likeness (QED) is 0.865. The lowest BCUT2D eigenvalue weighted by Crippen LogP contribution is -2.42. The van der Waals surface area contributed by atoms with E-state index in [4.69, 9.17) is 4.74 Å². The third kappa shape index (κ3) is 2.90. The van der Waals surface area contributed by atoms with Gasteiger partial charge in [0, 0.05) is 24.1 Å². The Balaban J connectivity index is 2.20. The number of ether oxygens (including phenoxy) is 1. The zero-order chi connectivity index (χ0) is 13.1. The minimum absolute atomic E-state index is 0.0991. The summed E-state index contributed by atoms with van der Waals surface area (Å²) in [6.45, 7) is 1.24. The highest BCUT2D eigenvalue weighted by atomic mass is 79.9. The van der Waals surface area contributed by atoms with E-state index in [1.54, 1.807) is 0 Å². The third-order valence-electron chi connectivity index (χ3n) is 3.45. The van der Waals surface area contributed by atoms with Crippen molar-refractivity contribution in [2.45, 2.75) is 18.9 Å². The van der Waals surface area contributed by atoms with Crippen LogP contribution in [0.2, 0.25) is 0 Å². The number of hydrogen-bond donors (Lipinski definition) is 1. The van der Waals surface area contributed by atoms with Gasteiger partial charge in [0.05, 0.1) is 11.1 Å². The van der Waals surface area contributed by atoms with E-state index >= 15 is 0 Å². The van der Waals surface area contributed by atoms with Crippen molar-refractivity contribution < 1.29 is 13.5 Å². The maximum absolute atomic E-state index is 13.9. The van der Waals surface area contributed by atoms with Crippen LogP contribution in [-0.4, -0.2) is 26.3 Å². The molecule has 0 amide bonds. The average molecular weight is 320 g/mol. The Morgan fingerprint density at radius 3 is 2.94 bits per heavy atom. The van der Waals surface area contributed by atoms with Crippen LogP contribution < -0.4 is 5.32 Å². The number of hydrogen-bond acceptors (Lipinski definition) is 2. The van der Waals surface area contributed by atoms with E-state index in [1.165, 1.54) is 12.1 Å². The van der Waals surface area contributed by atoms with Crippen molar-refractivity contribution in [2.24, 2.45) is 5.92 Å². The molecule has 1 N–H and O–H groups in total. The van der Waals surface area contributed by atoms with Crippen molar-refractivity contribution in [1.29, 1.82) is 0 Å². The summed E-state index contributed by atoms with van der Waals surface area (Å²) in [5.41, 5.74) is 0.139. The van der Waals surface area contributed by atoms with Crippen LogP contribution in [0.5, 0.6) is 0 Å². The predicted octanol–water partition coefficient (Wildman–Crippen LogP) is 2.89. The van der Waals surface area contributed by atoms with Crippen LogP contribution in [0.3, 0.4) is 0 Å². The summed E-state index contributed by atoms with van der Waals surface area (Å²) >= 11 is 3.09. The maximum Gasteiger partial charge on any atom is 0.143 e. The molecular weight excluding hydrogens is 304 g/mol. The zero-order valence-electron chi connectivity index (χ0n) is 10.2. The average Bonchev–Trinajstić information content (AvgIpc) is 2.39. The SMILES string of the molecule is CNC1CCOCC1Cc1c(F)ccc(Br)c1F. The van der Waals surface area contributed by atoms with Crippen LogP contribution in [0.4, 0.5) is 8.78 Å². The Morgan fingerprint density at radius 2 is 2.22 bits per heavy atom. The molecule has 0 aliphatic carbocycles. The Labute approximate surface area is 114 Å². The Kier molecular flexibility index (Phi) is 4.70. The van der Waals surface area contributed by atoms with Gasteiger partial charge in [-0.2, -0.15) is 0 Å². The van der Waals surface area contributed by atoms with E-state index in [0.717, 1.165) is 6.42 Å². The van der Waals surface area contributed by atoms with Crippen LogP contribution in [0.25, 0.3) is 0 Å². The molecule has 1 fully saturated rings. The molecule has 18 heavy (non-hydrogen) atoms. The molecule has 1 aromatic rings. The smallest absolute Gasteiger partial charge is 0.143 e. The largest absolute Gasteiger partial charge is 0.381 e. The molecule has 0 aromatic heterocycles. The maximum atomic E-state index is 13.9. The highest BCUT2D eigenvalue weighted by molar-refractivity contribution is 9.10. The normalized spacial score (nSPS) is 24.2. The minimum atomic E-state index is -0.504. The highest BCUT2D eigenvalue weighted by Gasteiger charge is 2.27. The van der Waals surface area contributed by atoms with Gasteiger partial charge in [0.15, 0.2) is 0 Å². The summed E-state index contributed by atoms with van der Waals surface area (Å²) < 4.78 is 33.3. The van der Waals surface area contributed by atoms with Gasteiger partial charge in [-0.05, 0) is 48.0 Å². The van der Waals surface area contributed by atoms with Gasteiger partial charge < -0.3 is 10.1 Å². The third-order valence-corrected chi connectivity index (χ3v) is 4.06. The van der Waals surface area contributed by atoms with Gasteiger partial charge in [-0.3, -0.25) is 0 Å². The lowest BCUT2D eigenvalue weighted by atomic mass is 9.89. The van der Waals surface area contributed by atoms with Crippen LogP contribution in [0, 0.1) is 17.6 Å². The van der Waals surface area contributed by atoms with E-state index in [1.807, 2.05) is 7.05 Å². The Bertz CT molecular complexity index is 428. The standard InChI is InChI=1S/C13H16BrF2NO/c1-17-12-4-5-18-7-8(12)6-9-11(15)3-2-10(14)13(9)16/h2-3,8,12,17H,4-7H2,1H3. The number of nitrogens with one attached hydrogen (secondary N) is 1. The second-order valence-corrected chi connectivity index (χ2v) is 5.40. The molecule has 0 bridgehead atoms. The van der Waals surface area contributed by atoms with Gasteiger partial charge in [-0.1, -0.05) is 0 Å². The van der Waals surface area contributed by atoms with Crippen molar-refractivity contribution in [3.8, 4) is 0 Å². The van der Waals surface area contributed by atoms with Crippen LogP contribution in [0.15, 0.2) is 16.6 Å². The fraction of sp³-hybridized carbons (Fsp3) is 0.538. The van der Waals surface area contributed by atoms with Crippen molar-refractivity contribution in [2.75, 3.05) is 20.3 Å². The summed E-state index contributed by atoms with van der Waals surface area (Å²) in [6.07, 6.45) is 1.22. The molecule has 0 saturated carbocycles. The summed E-state index contributed by atoms with van der Waals surface area (Å²) in [6, 6.07) is 2.93. The molecule has 1 heterocycles. The first-order valence-electron chi connectivity index (χ1n) is 6.01. The molecule has 2 rings (SSSR count). The Morgan fingerprint density at radius 1 is 1.44 bits per heavy atom.